The van der Waals surface area contributed by atoms with Crippen LogP contribution in [0.5, 0.6) is 11.8 Å². The minimum Gasteiger partial charge on any atom is -0.447 e. The van der Waals surface area contributed by atoms with Gasteiger partial charge < -0.3 is 12.5 Å². The highest BCUT2D eigenvalue weighted by Crippen LogP contribution is 2.29. The Morgan fingerprint density at radius 3 is 1.24 bits per heavy atom. The fourth-order valence-electron chi connectivity index (χ4n) is 4.85. The molecule has 0 saturated heterocycles. The molecule has 0 unspecified atom stereocenters. The van der Waals surface area contributed by atoms with Crippen molar-refractivity contribution in [2.45, 2.75) is 49.5 Å². The van der Waals surface area contributed by atoms with Gasteiger partial charge in [-0.1, -0.05) is 24.3 Å². The molecule has 0 aliphatic carbocycles. The summed E-state index contributed by atoms with van der Waals surface area (Å²) in [6.45, 7) is 6.94. The van der Waals surface area contributed by atoms with Crippen LogP contribution in [-0.2, 0) is 36.7 Å². The summed E-state index contributed by atoms with van der Waals surface area (Å²) in [5.74, 6) is -1.18. The molecule has 0 aliphatic heterocycles. The number of pyridine rings is 2. The summed E-state index contributed by atoms with van der Waals surface area (Å²) in [6, 6.07) is 18.1. The van der Waals surface area contributed by atoms with Gasteiger partial charge in [-0.25, -0.2) is 0 Å². The number of alkyl halides is 6. The van der Waals surface area contributed by atoms with Crippen molar-refractivity contribution in [1.82, 2.24) is 0 Å². The summed E-state index contributed by atoms with van der Waals surface area (Å²) in [5.41, 5.74) is -10.6. The van der Waals surface area contributed by atoms with E-state index in [-0.39, 0.29) is 12.3 Å². The molecule has 0 atom stereocenters. The van der Waals surface area contributed by atoms with E-state index in [0.29, 0.717) is 21.8 Å². The molecule has 0 amide bonds. The van der Waals surface area contributed by atoms with Crippen LogP contribution >= 0.6 is 0 Å². The third-order valence-electron chi connectivity index (χ3n) is 6.39. The van der Waals surface area contributed by atoms with Gasteiger partial charge in [0, 0.05) is 22.9 Å². The van der Waals surface area contributed by atoms with E-state index in [9.17, 15) is 43.2 Å². The zero-order chi connectivity index (χ0) is 33.6. The number of benzene rings is 2. The van der Waals surface area contributed by atoms with Gasteiger partial charge in [0.05, 0.1) is 12.1 Å². The van der Waals surface area contributed by atoms with Crippen LogP contribution in [0.2, 0.25) is 26.2 Å². The smallest absolute Gasteiger partial charge is 0.447 e. The van der Waals surface area contributed by atoms with E-state index >= 15 is 0 Å². The monoisotopic (exact) mass is 714 g/mol. The molecule has 45 heavy (non-hydrogen) atoms. The van der Waals surface area contributed by atoms with Gasteiger partial charge in [0.25, 0.3) is 0 Å². The summed E-state index contributed by atoms with van der Waals surface area (Å²) in [7, 11) is -18.1. The predicted molar refractivity (Wildman–Crippen MR) is 156 cm³/mol. The Bertz CT molecular complexity index is 1830. The molecule has 0 spiro atoms. The molecule has 0 fully saturated rings. The van der Waals surface area contributed by atoms with E-state index in [1.54, 1.807) is 74.7 Å². The third-order valence-corrected chi connectivity index (χ3v) is 14.9. The van der Waals surface area contributed by atoms with Crippen LogP contribution < -0.4 is 17.5 Å². The Hall–Kier alpha value is -3.27. The molecule has 0 saturated carbocycles. The molecular formula is C26H28F6N2O7S2Si2+2. The summed E-state index contributed by atoms with van der Waals surface area (Å²) < 4.78 is 145. The third kappa shape index (κ3) is 7.76. The molecular weight excluding hydrogens is 687 g/mol. The summed E-state index contributed by atoms with van der Waals surface area (Å²) in [4.78, 5) is 0. The highest BCUT2D eigenvalue weighted by Gasteiger charge is 2.52. The lowest BCUT2D eigenvalue weighted by molar-refractivity contribution is -0.660. The number of rotatable bonds is 10. The maximum absolute atomic E-state index is 13.2. The van der Waals surface area contributed by atoms with Crippen LogP contribution in [0, 0.1) is 0 Å². The van der Waals surface area contributed by atoms with Gasteiger partial charge in [-0.15, -0.1) is 0 Å². The highest BCUT2D eigenvalue weighted by atomic mass is 32.2. The fraction of sp³-hybridized carbons (Fsp3) is 0.308. The second-order valence-electron chi connectivity index (χ2n) is 11.2. The number of hydrogen-bond donors (Lipinski definition) is 0. The highest BCUT2D eigenvalue weighted by molar-refractivity contribution is 7.88. The molecule has 9 nitrogen and oxygen atoms in total. The average molecular weight is 715 g/mol. The maximum Gasteiger partial charge on any atom is 0.534 e. The van der Waals surface area contributed by atoms with Crippen LogP contribution in [0.15, 0.2) is 72.8 Å². The molecule has 244 valence electrons. The van der Waals surface area contributed by atoms with E-state index in [4.69, 9.17) is 4.12 Å². The van der Waals surface area contributed by atoms with E-state index in [1.165, 1.54) is 21.3 Å². The molecule has 2 aromatic carbocycles. The lowest BCUT2D eigenvalue weighted by Crippen LogP contribution is -2.59. The Balaban J connectivity index is 1.72. The Labute approximate surface area is 257 Å². The minimum atomic E-state index is -6.01. The van der Waals surface area contributed by atoms with Gasteiger partial charge in [0.15, 0.2) is 12.3 Å². The topological polar surface area (TPSA) is 104 Å². The first-order valence-electron chi connectivity index (χ1n) is 13.1. The zero-order valence-electron chi connectivity index (χ0n) is 24.2. The quantitative estimate of drug-likeness (QED) is 0.0729. The number of nitrogens with zero attached hydrogens (tertiary/aromatic N) is 2. The second kappa shape index (κ2) is 11.8. The van der Waals surface area contributed by atoms with Crippen molar-refractivity contribution in [2.75, 3.05) is 0 Å². The molecule has 0 radical (unpaired) electrons. The summed E-state index contributed by atoms with van der Waals surface area (Å²) in [5, 5.41) is 1.16. The van der Waals surface area contributed by atoms with Crippen LogP contribution in [0.25, 0.3) is 21.8 Å². The number of halogens is 6. The van der Waals surface area contributed by atoms with Crippen molar-refractivity contribution in [3.63, 3.8) is 0 Å². The number of fused-ring (bicyclic) bond motifs is 2. The normalized spacial score (nSPS) is 13.7. The van der Waals surface area contributed by atoms with Crippen molar-refractivity contribution in [3.05, 3.63) is 72.8 Å². The molecule has 2 heterocycles. The fourth-order valence-corrected chi connectivity index (χ4v) is 14.5. The van der Waals surface area contributed by atoms with E-state index < -0.39 is 59.6 Å². The molecule has 4 rings (SSSR count). The Kier molecular flexibility index (Phi) is 9.10. The lowest BCUT2D eigenvalue weighted by Gasteiger charge is -2.30. The van der Waals surface area contributed by atoms with E-state index in [0.717, 1.165) is 12.1 Å². The number of hydrogen-bond acceptors (Lipinski definition) is 7. The van der Waals surface area contributed by atoms with Gasteiger partial charge in [0.2, 0.25) is 27.7 Å². The second-order valence-corrected chi connectivity index (χ2v) is 22.8. The first-order valence-corrected chi connectivity index (χ1v) is 22.1. The van der Waals surface area contributed by atoms with Crippen molar-refractivity contribution in [2.24, 2.45) is 0 Å². The molecule has 4 aromatic rings. The van der Waals surface area contributed by atoms with Crippen LogP contribution in [0.3, 0.4) is 0 Å². The zero-order valence-corrected chi connectivity index (χ0v) is 27.8. The van der Waals surface area contributed by atoms with Crippen molar-refractivity contribution < 1.29 is 64.8 Å². The molecule has 2 aromatic heterocycles. The standard InChI is InChI=1S/C26H28F6N2O7S2Si2/c1-44(2,17-33-21-11-7-5-9-19(21)13-15-23(33)39-42(35,36)25(27,28)29)41-45(3,4)18-34-22-12-8-6-10-20(22)14-16-24(34)40-43(37,38)26(30,31)32/h5-16H,17-18H2,1-4H3/q+2. The Morgan fingerprint density at radius 2 is 0.911 bits per heavy atom. The van der Waals surface area contributed by atoms with Crippen molar-refractivity contribution >= 4 is 58.7 Å². The van der Waals surface area contributed by atoms with Crippen molar-refractivity contribution in [3.8, 4) is 11.8 Å². The summed E-state index contributed by atoms with van der Waals surface area (Å²) in [6.07, 6.45) is -0.168. The van der Waals surface area contributed by atoms with Gasteiger partial charge >= 0.3 is 43.0 Å². The lowest BCUT2D eigenvalue weighted by atomic mass is 10.2. The van der Waals surface area contributed by atoms with Gasteiger partial charge in [0.1, 0.15) is 0 Å². The predicted octanol–water partition coefficient (Wildman–Crippen LogP) is 5.23. The maximum atomic E-state index is 13.2. The Morgan fingerprint density at radius 1 is 0.578 bits per heavy atom. The van der Waals surface area contributed by atoms with Gasteiger partial charge in [-0.2, -0.15) is 52.3 Å². The SMILES string of the molecule is C[Si](C)(C[n+]1c(OS(=O)(=O)C(F)(F)F)ccc2ccccc21)O[Si](C)(C)C[n+]1c(OS(=O)(=O)C(F)(F)F)ccc2ccccc21. The van der Waals surface area contributed by atoms with Crippen LogP contribution in [0.1, 0.15) is 0 Å². The molecule has 19 heteroatoms. The molecule has 0 bridgehead atoms. The summed E-state index contributed by atoms with van der Waals surface area (Å²) >= 11 is 0. The van der Waals surface area contributed by atoms with Crippen LogP contribution in [0.4, 0.5) is 26.3 Å². The van der Waals surface area contributed by atoms with Gasteiger partial charge in [-0.05, 0) is 50.5 Å². The van der Waals surface area contributed by atoms with E-state index in [2.05, 4.69) is 8.37 Å². The minimum absolute atomic E-state index is 0.0838. The van der Waals surface area contributed by atoms with Crippen molar-refractivity contribution in [1.29, 1.82) is 0 Å². The van der Waals surface area contributed by atoms with Crippen LogP contribution in [-0.4, -0.2) is 44.5 Å². The first-order chi connectivity index (χ1) is 20.5. The average Bonchev–Trinajstić information content (AvgIpc) is 2.89. The van der Waals surface area contributed by atoms with Gasteiger partial charge in [-0.3, -0.25) is 0 Å². The number of aromatic nitrogens is 2. The first kappa shape index (κ1) is 34.6. The largest absolute Gasteiger partial charge is 0.534 e. The molecule has 0 aliphatic rings. The number of para-hydroxylation sites is 2. The molecule has 0 N–H and O–H groups in total. The van der Waals surface area contributed by atoms with E-state index in [1.807, 2.05) is 0 Å².